The Morgan fingerprint density at radius 3 is 2.59 bits per heavy atom. The molecule has 1 unspecified atom stereocenters. The van der Waals surface area contributed by atoms with E-state index in [4.69, 9.17) is 9.26 Å². The lowest BCUT2D eigenvalue weighted by Gasteiger charge is -2.35. The third-order valence-corrected chi connectivity index (χ3v) is 7.33. The highest BCUT2D eigenvalue weighted by molar-refractivity contribution is 5.81. The molecule has 0 saturated carbocycles. The largest absolute Gasteiger partial charge is 0.477 e. The summed E-state index contributed by atoms with van der Waals surface area (Å²) in [6.07, 6.45) is 10.0. The van der Waals surface area contributed by atoms with Crippen molar-refractivity contribution in [2.45, 2.75) is 58.3 Å². The second kappa shape index (κ2) is 10.2. The molecule has 182 valence electrons. The van der Waals surface area contributed by atoms with E-state index < -0.39 is 0 Å². The second-order valence-electron chi connectivity index (χ2n) is 10.1. The first-order chi connectivity index (χ1) is 16.6. The van der Waals surface area contributed by atoms with E-state index in [0.29, 0.717) is 30.3 Å². The predicted molar refractivity (Wildman–Crippen MR) is 130 cm³/mol. The number of amides is 1. The number of hydrogen-bond acceptors (Lipinski definition) is 7. The summed E-state index contributed by atoms with van der Waals surface area (Å²) in [5.74, 6) is 2.70. The highest BCUT2D eigenvalue weighted by atomic mass is 16.5. The van der Waals surface area contributed by atoms with Gasteiger partial charge in [-0.05, 0) is 61.6 Å². The Kier molecular flexibility index (Phi) is 6.83. The molecular formula is C26H35N5O3. The number of anilines is 1. The lowest BCUT2D eigenvalue weighted by Crippen LogP contribution is -2.45. The van der Waals surface area contributed by atoms with E-state index in [1.54, 1.807) is 0 Å². The van der Waals surface area contributed by atoms with Crippen LogP contribution in [0.5, 0.6) is 5.88 Å². The van der Waals surface area contributed by atoms with E-state index >= 15 is 0 Å². The summed E-state index contributed by atoms with van der Waals surface area (Å²) in [5.41, 5.74) is 2.43. The van der Waals surface area contributed by atoms with Gasteiger partial charge in [0.15, 0.2) is 5.82 Å². The maximum Gasteiger partial charge on any atom is 0.324 e. The number of aromatic nitrogens is 3. The zero-order chi connectivity index (χ0) is 23.5. The van der Waals surface area contributed by atoms with Gasteiger partial charge in [-0.3, -0.25) is 4.79 Å². The Bertz CT molecular complexity index is 1000. The standard InChI is InChI=1S/C26H35N5O3/c1-18(2)24-28-26(34-29-24)31-14-10-19(11-15-31)17-33-23-9-8-22(16-27-23)20-4-6-21(7-5-20)25(32)30-12-3-13-30/h4,8-9,16,18-19,21H,3,5-7,10-15,17H2,1-2H3. The number of pyridine rings is 1. The number of piperidine rings is 1. The van der Waals surface area contributed by atoms with E-state index in [1.165, 1.54) is 5.57 Å². The Labute approximate surface area is 201 Å². The van der Waals surface area contributed by atoms with E-state index in [1.807, 2.05) is 17.2 Å². The van der Waals surface area contributed by atoms with Crippen LogP contribution >= 0.6 is 0 Å². The van der Waals surface area contributed by atoms with Crippen LogP contribution in [-0.4, -0.2) is 58.7 Å². The lowest BCUT2D eigenvalue weighted by atomic mass is 9.86. The van der Waals surface area contributed by atoms with Crippen LogP contribution in [0.4, 0.5) is 6.01 Å². The Morgan fingerprint density at radius 2 is 2.00 bits per heavy atom. The normalized spacial score (nSPS) is 21.4. The van der Waals surface area contributed by atoms with Crippen LogP contribution < -0.4 is 9.64 Å². The first-order valence-corrected chi connectivity index (χ1v) is 12.7. The molecule has 0 spiro atoms. The average Bonchev–Trinajstić information content (AvgIpc) is 3.33. The maximum atomic E-state index is 12.4. The van der Waals surface area contributed by atoms with Crippen molar-refractivity contribution in [1.29, 1.82) is 0 Å². The van der Waals surface area contributed by atoms with Gasteiger partial charge >= 0.3 is 6.01 Å². The number of hydrogen-bond donors (Lipinski definition) is 0. The van der Waals surface area contributed by atoms with E-state index in [-0.39, 0.29) is 11.8 Å². The minimum absolute atomic E-state index is 0.156. The highest BCUT2D eigenvalue weighted by Gasteiger charge is 2.29. The van der Waals surface area contributed by atoms with Crippen LogP contribution in [0.25, 0.3) is 5.57 Å². The molecule has 1 amide bonds. The van der Waals surface area contributed by atoms with Crippen molar-refractivity contribution < 1.29 is 14.1 Å². The van der Waals surface area contributed by atoms with Crippen LogP contribution in [0.1, 0.15) is 69.7 Å². The molecule has 4 heterocycles. The molecule has 0 bridgehead atoms. The average molecular weight is 466 g/mol. The molecule has 8 heteroatoms. The number of carbonyl (C=O) groups excluding carboxylic acids is 1. The molecule has 2 aliphatic heterocycles. The first-order valence-electron chi connectivity index (χ1n) is 12.7. The van der Waals surface area contributed by atoms with E-state index in [2.05, 4.69) is 46.0 Å². The van der Waals surface area contributed by atoms with Crippen LogP contribution in [0.2, 0.25) is 0 Å². The third-order valence-electron chi connectivity index (χ3n) is 7.33. The number of ether oxygens (including phenoxy) is 1. The van der Waals surface area contributed by atoms with Crippen molar-refractivity contribution in [3.63, 3.8) is 0 Å². The van der Waals surface area contributed by atoms with E-state index in [9.17, 15) is 4.79 Å². The summed E-state index contributed by atoms with van der Waals surface area (Å²) in [7, 11) is 0. The monoisotopic (exact) mass is 465 g/mol. The lowest BCUT2D eigenvalue weighted by molar-refractivity contribution is -0.139. The van der Waals surface area contributed by atoms with E-state index in [0.717, 1.165) is 76.1 Å². The van der Waals surface area contributed by atoms with Crippen molar-refractivity contribution in [1.82, 2.24) is 20.0 Å². The summed E-state index contributed by atoms with van der Waals surface area (Å²) in [4.78, 5) is 25.7. The van der Waals surface area contributed by atoms with Crippen molar-refractivity contribution in [2.75, 3.05) is 37.7 Å². The van der Waals surface area contributed by atoms with Gasteiger partial charge in [0.05, 0.1) is 6.61 Å². The molecule has 1 aliphatic carbocycles. The fourth-order valence-corrected chi connectivity index (χ4v) is 4.85. The number of carbonyl (C=O) groups is 1. The van der Waals surface area contributed by atoms with Gasteiger partial charge in [-0.1, -0.05) is 25.1 Å². The minimum atomic E-state index is 0.156. The Balaban J connectivity index is 1.07. The molecule has 3 aliphatic rings. The number of allylic oxidation sites excluding steroid dienone is 2. The van der Waals surface area contributed by atoms with Crippen molar-refractivity contribution in [3.05, 3.63) is 35.8 Å². The van der Waals surface area contributed by atoms with Crippen molar-refractivity contribution >= 4 is 17.5 Å². The quantitative estimate of drug-likeness (QED) is 0.603. The van der Waals surface area contributed by atoms with Crippen LogP contribution in [0.3, 0.4) is 0 Å². The molecule has 8 nitrogen and oxygen atoms in total. The Morgan fingerprint density at radius 1 is 1.18 bits per heavy atom. The van der Waals surface area contributed by atoms with Crippen LogP contribution in [0, 0.1) is 11.8 Å². The zero-order valence-electron chi connectivity index (χ0n) is 20.3. The topological polar surface area (TPSA) is 84.6 Å². The maximum absolute atomic E-state index is 12.4. The predicted octanol–water partition coefficient (Wildman–Crippen LogP) is 4.30. The van der Waals surface area contributed by atoms with Gasteiger partial charge in [-0.2, -0.15) is 4.98 Å². The molecule has 0 N–H and O–H groups in total. The van der Waals surface area contributed by atoms with Gasteiger partial charge in [0.1, 0.15) is 0 Å². The van der Waals surface area contributed by atoms with Gasteiger partial charge < -0.3 is 19.1 Å². The molecule has 2 saturated heterocycles. The van der Waals surface area contributed by atoms with Gasteiger partial charge in [0, 0.05) is 50.3 Å². The molecule has 2 fully saturated rings. The highest BCUT2D eigenvalue weighted by Crippen LogP contribution is 2.32. The van der Waals surface area contributed by atoms with Gasteiger partial charge in [0.2, 0.25) is 11.8 Å². The van der Waals surface area contributed by atoms with Crippen molar-refractivity contribution in [2.24, 2.45) is 11.8 Å². The first kappa shape index (κ1) is 22.9. The number of rotatable bonds is 7. The zero-order valence-corrected chi connectivity index (χ0v) is 20.3. The molecule has 1 atom stereocenters. The minimum Gasteiger partial charge on any atom is -0.477 e. The van der Waals surface area contributed by atoms with Gasteiger partial charge in [0.25, 0.3) is 0 Å². The number of nitrogens with zero attached hydrogens (tertiary/aromatic N) is 5. The smallest absolute Gasteiger partial charge is 0.324 e. The van der Waals surface area contributed by atoms with Gasteiger partial charge in [-0.15, -0.1) is 0 Å². The summed E-state index contributed by atoms with van der Waals surface area (Å²) in [6, 6.07) is 4.69. The Hall–Kier alpha value is -2.90. The fraction of sp³-hybridized carbons (Fsp3) is 0.615. The summed E-state index contributed by atoms with van der Waals surface area (Å²) < 4.78 is 11.4. The molecule has 0 aromatic carbocycles. The van der Waals surface area contributed by atoms with Crippen molar-refractivity contribution in [3.8, 4) is 5.88 Å². The molecule has 2 aromatic rings. The molecule has 2 aromatic heterocycles. The van der Waals surface area contributed by atoms with Gasteiger partial charge in [-0.25, -0.2) is 4.98 Å². The number of likely N-dealkylation sites (tertiary alicyclic amines) is 1. The summed E-state index contributed by atoms with van der Waals surface area (Å²) in [5, 5.41) is 4.07. The molecule has 0 radical (unpaired) electrons. The summed E-state index contributed by atoms with van der Waals surface area (Å²) in [6.45, 7) is 8.48. The summed E-state index contributed by atoms with van der Waals surface area (Å²) >= 11 is 0. The van der Waals surface area contributed by atoms with Crippen LogP contribution in [0.15, 0.2) is 28.9 Å². The fourth-order valence-electron chi connectivity index (χ4n) is 4.85. The van der Waals surface area contributed by atoms with Crippen LogP contribution in [-0.2, 0) is 4.79 Å². The molecule has 34 heavy (non-hydrogen) atoms. The molecular weight excluding hydrogens is 430 g/mol. The third kappa shape index (κ3) is 5.10. The molecule has 5 rings (SSSR count). The SMILES string of the molecule is CC(C)c1noc(N2CCC(COc3ccc(C4=CCC(C(=O)N5CCC5)CC4)cn3)CC2)n1. The second-order valence-corrected chi connectivity index (χ2v) is 10.1.